The number of nitrogens with one attached hydrogen (secondary N) is 1. The van der Waals surface area contributed by atoms with Crippen LogP contribution in [-0.4, -0.2) is 35.2 Å². The summed E-state index contributed by atoms with van der Waals surface area (Å²) in [6.45, 7) is 0.474. The minimum absolute atomic E-state index is 0.0922. The molecule has 7 heteroatoms. The van der Waals surface area contributed by atoms with E-state index in [9.17, 15) is 23.1 Å². The van der Waals surface area contributed by atoms with E-state index in [1.54, 1.807) is 11.0 Å². The highest BCUT2D eigenvalue weighted by Gasteiger charge is 2.38. The molecule has 2 fully saturated rings. The first-order valence-corrected chi connectivity index (χ1v) is 8.25. The number of rotatable bonds is 4. The van der Waals surface area contributed by atoms with Crippen molar-refractivity contribution in [2.24, 2.45) is 5.92 Å². The Hall–Kier alpha value is -1.76. The van der Waals surface area contributed by atoms with Crippen molar-refractivity contribution in [2.75, 3.05) is 13.2 Å². The number of carbonyl (C=O) groups excluding carboxylic acids is 1. The van der Waals surface area contributed by atoms with E-state index in [1.165, 1.54) is 6.07 Å². The SMILES string of the molecule is O=C(N[C@H](c1cccc(C(F)(F)F)c1)C1CC1)N1CCC[C@H]1CO. The molecule has 1 aromatic carbocycles. The molecule has 2 N–H and O–H groups in total. The first kappa shape index (κ1) is 17.1. The zero-order chi connectivity index (χ0) is 17.3. The molecule has 1 saturated carbocycles. The van der Waals surface area contributed by atoms with Crippen molar-refractivity contribution in [1.82, 2.24) is 10.2 Å². The van der Waals surface area contributed by atoms with Gasteiger partial charge in [0.2, 0.25) is 0 Å². The zero-order valence-electron chi connectivity index (χ0n) is 13.2. The molecule has 1 aliphatic heterocycles. The third-order valence-electron chi connectivity index (χ3n) is 4.79. The number of likely N-dealkylation sites (tertiary alicyclic amines) is 1. The van der Waals surface area contributed by atoms with Crippen LogP contribution in [-0.2, 0) is 6.18 Å². The average molecular weight is 342 g/mol. The summed E-state index contributed by atoms with van der Waals surface area (Å²) in [6, 6.07) is 4.25. The largest absolute Gasteiger partial charge is 0.416 e. The maximum Gasteiger partial charge on any atom is 0.416 e. The highest BCUT2D eigenvalue weighted by molar-refractivity contribution is 5.75. The molecule has 0 bridgehead atoms. The number of amides is 2. The average Bonchev–Trinajstić information content (AvgIpc) is 3.27. The van der Waals surface area contributed by atoms with E-state index < -0.39 is 17.8 Å². The van der Waals surface area contributed by atoms with Crippen LogP contribution in [0.25, 0.3) is 0 Å². The molecule has 0 radical (unpaired) electrons. The predicted molar refractivity (Wildman–Crippen MR) is 82.3 cm³/mol. The van der Waals surface area contributed by atoms with Crippen LogP contribution >= 0.6 is 0 Å². The second-order valence-corrected chi connectivity index (χ2v) is 6.56. The van der Waals surface area contributed by atoms with Crippen molar-refractivity contribution in [3.8, 4) is 0 Å². The van der Waals surface area contributed by atoms with Crippen molar-refractivity contribution < 1.29 is 23.1 Å². The van der Waals surface area contributed by atoms with Gasteiger partial charge in [-0.1, -0.05) is 12.1 Å². The Kier molecular flexibility index (Phi) is 4.71. The van der Waals surface area contributed by atoms with Gasteiger partial charge in [0, 0.05) is 6.54 Å². The van der Waals surface area contributed by atoms with E-state index in [-0.39, 0.29) is 24.6 Å². The van der Waals surface area contributed by atoms with Gasteiger partial charge in [-0.25, -0.2) is 4.79 Å². The second kappa shape index (κ2) is 6.63. The Morgan fingerprint density at radius 1 is 1.33 bits per heavy atom. The third-order valence-corrected chi connectivity index (χ3v) is 4.79. The van der Waals surface area contributed by atoms with E-state index in [0.29, 0.717) is 12.1 Å². The first-order chi connectivity index (χ1) is 11.4. The van der Waals surface area contributed by atoms with Crippen LogP contribution in [0.3, 0.4) is 0 Å². The summed E-state index contributed by atoms with van der Waals surface area (Å²) in [6.07, 6.45) is -1.03. The monoisotopic (exact) mass is 342 g/mol. The Balaban J connectivity index is 1.77. The van der Waals surface area contributed by atoms with Crippen LogP contribution in [0.1, 0.15) is 42.9 Å². The number of hydrogen-bond donors (Lipinski definition) is 2. The molecule has 132 valence electrons. The third kappa shape index (κ3) is 3.66. The van der Waals surface area contributed by atoms with Gasteiger partial charge in [-0.2, -0.15) is 13.2 Å². The Morgan fingerprint density at radius 2 is 2.08 bits per heavy atom. The van der Waals surface area contributed by atoms with Gasteiger partial charge in [-0.15, -0.1) is 0 Å². The molecule has 1 saturated heterocycles. The zero-order valence-corrected chi connectivity index (χ0v) is 13.2. The van der Waals surface area contributed by atoms with Gasteiger partial charge in [0.15, 0.2) is 0 Å². The minimum Gasteiger partial charge on any atom is -0.394 e. The number of nitrogens with zero attached hydrogens (tertiary/aromatic N) is 1. The van der Waals surface area contributed by atoms with Crippen LogP contribution in [0.2, 0.25) is 0 Å². The molecule has 1 aliphatic carbocycles. The molecule has 2 atom stereocenters. The van der Waals surface area contributed by atoms with Crippen molar-refractivity contribution in [2.45, 2.75) is 43.9 Å². The van der Waals surface area contributed by atoms with Crippen molar-refractivity contribution >= 4 is 6.03 Å². The van der Waals surface area contributed by atoms with E-state index in [1.807, 2.05) is 0 Å². The number of benzene rings is 1. The number of halogens is 3. The number of carbonyl (C=O) groups is 1. The number of urea groups is 1. The van der Waals surface area contributed by atoms with Gasteiger partial charge >= 0.3 is 12.2 Å². The number of aliphatic hydroxyl groups is 1. The van der Waals surface area contributed by atoms with Crippen molar-refractivity contribution in [3.05, 3.63) is 35.4 Å². The van der Waals surface area contributed by atoms with Crippen molar-refractivity contribution in [3.63, 3.8) is 0 Å². The van der Waals surface area contributed by atoms with E-state index in [0.717, 1.165) is 37.8 Å². The topological polar surface area (TPSA) is 52.6 Å². The van der Waals surface area contributed by atoms with E-state index >= 15 is 0 Å². The summed E-state index contributed by atoms with van der Waals surface area (Å²) in [4.78, 5) is 14.1. The number of alkyl halides is 3. The molecule has 24 heavy (non-hydrogen) atoms. The minimum atomic E-state index is -4.40. The van der Waals surface area contributed by atoms with Gasteiger partial charge in [0.05, 0.1) is 24.3 Å². The highest BCUT2D eigenvalue weighted by Crippen LogP contribution is 2.42. The summed E-state index contributed by atoms with van der Waals surface area (Å²) in [5, 5.41) is 12.2. The molecule has 0 aromatic heterocycles. The normalized spacial score (nSPS) is 22.5. The quantitative estimate of drug-likeness (QED) is 0.882. The number of aliphatic hydroxyl groups excluding tert-OH is 1. The Bertz CT molecular complexity index is 602. The summed E-state index contributed by atoms with van der Waals surface area (Å²) >= 11 is 0. The molecule has 0 unspecified atom stereocenters. The molecule has 2 aliphatic rings. The lowest BCUT2D eigenvalue weighted by Crippen LogP contribution is -2.45. The fourth-order valence-corrected chi connectivity index (χ4v) is 3.32. The highest BCUT2D eigenvalue weighted by atomic mass is 19.4. The molecular weight excluding hydrogens is 321 g/mol. The molecular formula is C17H21F3N2O2. The lowest BCUT2D eigenvalue weighted by Gasteiger charge is -2.27. The molecule has 1 aromatic rings. The van der Waals surface area contributed by atoms with Gasteiger partial charge in [-0.05, 0) is 49.3 Å². The summed E-state index contributed by atoms with van der Waals surface area (Å²) in [7, 11) is 0. The molecule has 3 rings (SSSR count). The molecule has 0 spiro atoms. The van der Waals surface area contributed by atoms with Gasteiger partial charge < -0.3 is 15.3 Å². The first-order valence-electron chi connectivity index (χ1n) is 8.25. The van der Waals surface area contributed by atoms with Crippen LogP contribution in [0.5, 0.6) is 0 Å². The van der Waals surface area contributed by atoms with Crippen LogP contribution in [0, 0.1) is 5.92 Å². The number of hydrogen-bond acceptors (Lipinski definition) is 2. The van der Waals surface area contributed by atoms with Gasteiger partial charge in [-0.3, -0.25) is 0 Å². The molecule has 2 amide bonds. The van der Waals surface area contributed by atoms with E-state index in [2.05, 4.69) is 5.32 Å². The Labute approximate surface area is 138 Å². The predicted octanol–water partition coefficient (Wildman–Crippen LogP) is 3.32. The lowest BCUT2D eigenvalue weighted by atomic mass is 10.00. The molecule has 1 heterocycles. The lowest BCUT2D eigenvalue weighted by molar-refractivity contribution is -0.137. The Morgan fingerprint density at radius 3 is 2.71 bits per heavy atom. The fourth-order valence-electron chi connectivity index (χ4n) is 3.32. The standard InChI is InChI=1S/C17H21F3N2O2/c18-17(19,20)13-4-1-3-12(9-13)15(11-6-7-11)21-16(24)22-8-2-5-14(22)10-23/h1,3-4,9,11,14-15,23H,2,5-8,10H2,(H,21,24)/t14-,15-/m0/s1. The second-order valence-electron chi connectivity index (χ2n) is 6.56. The van der Waals surface area contributed by atoms with Crippen molar-refractivity contribution in [1.29, 1.82) is 0 Å². The van der Waals surface area contributed by atoms with Gasteiger partial charge in [0.1, 0.15) is 0 Å². The maximum absolute atomic E-state index is 12.9. The van der Waals surface area contributed by atoms with Crippen LogP contribution in [0.15, 0.2) is 24.3 Å². The molecule has 4 nitrogen and oxygen atoms in total. The summed E-state index contributed by atoms with van der Waals surface area (Å²) in [5.41, 5.74) is -0.213. The van der Waals surface area contributed by atoms with E-state index in [4.69, 9.17) is 0 Å². The maximum atomic E-state index is 12.9. The van der Waals surface area contributed by atoms with Crippen LogP contribution in [0.4, 0.5) is 18.0 Å². The summed E-state index contributed by atoms with van der Waals surface area (Å²) in [5.74, 6) is 0.174. The van der Waals surface area contributed by atoms with Crippen LogP contribution < -0.4 is 5.32 Å². The fraction of sp³-hybridized carbons (Fsp3) is 0.588. The summed E-state index contributed by atoms with van der Waals surface area (Å²) < 4.78 is 38.8. The smallest absolute Gasteiger partial charge is 0.394 e. The van der Waals surface area contributed by atoms with Gasteiger partial charge in [0.25, 0.3) is 0 Å².